The molecule has 0 aliphatic rings. The van der Waals surface area contributed by atoms with Gasteiger partial charge in [-0.25, -0.2) is 22.6 Å². The van der Waals surface area contributed by atoms with E-state index in [0.29, 0.717) is 5.69 Å². The van der Waals surface area contributed by atoms with Gasteiger partial charge < -0.3 is 15.2 Å². The van der Waals surface area contributed by atoms with Gasteiger partial charge in [0.2, 0.25) is 21.8 Å². The number of aryl methyl sites for hydroxylation is 1. The fraction of sp³-hybridized carbons (Fsp3) is 0.476. The fourth-order valence-electron chi connectivity index (χ4n) is 3.01. The lowest BCUT2D eigenvalue weighted by Crippen LogP contribution is -2.30. The quantitative estimate of drug-likeness (QED) is 0.542. The Morgan fingerprint density at radius 2 is 1.88 bits per heavy atom. The molecule has 176 valence electrons. The molecule has 1 amide bonds. The first-order valence-corrected chi connectivity index (χ1v) is 11.5. The summed E-state index contributed by atoms with van der Waals surface area (Å²) >= 11 is 0. The van der Waals surface area contributed by atoms with Crippen LogP contribution in [0.5, 0.6) is 11.6 Å². The Balaban J connectivity index is 2.51. The second kappa shape index (κ2) is 9.29. The molecule has 11 heteroatoms. The van der Waals surface area contributed by atoms with Gasteiger partial charge in [0.05, 0.1) is 0 Å². The molecule has 0 spiro atoms. The van der Waals surface area contributed by atoms with Crippen molar-refractivity contribution in [1.29, 1.82) is 0 Å². The number of carboxylic acids is 1. The van der Waals surface area contributed by atoms with Crippen LogP contribution in [-0.2, 0) is 21.9 Å². The van der Waals surface area contributed by atoms with E-state index < -0.39 is 16.0 Å². The van der Waals surface area contributed by atoms with Crippen molar-refractivity contribution in [2.24, 2.45) is 12.5 Å². The van der Waals surface area contributed by atoms with Crippen LogP contribution in [0.4, 0.5) is 5.69 Å². The smallest absolute Gasteiger partial charge is 0.356 e. The number of anilines is 1. The van der Waals surface area contributed by atoms with Gasteiger partial charge in [-0.15, -0.1) is 0 Å². The maximum Gasteiger partial charge on any atom is 0.356 e. The number of hydrogen-bond acceptors (Lipinski definition) is 6. The van der Waals surface area contributed by atoms with Crippen molar-refractivity contribution >= 4 is 27.6 Å². The third-order valence-electron chi connectivity index (χ3n) is 4.23. The van der Waals surface area contributed by atoms with Crippen LogP contribution in [0.25, 0.3) is 0 Å². The Hall–Kier alpha value is -2.92. The van der Waals surface area contributed by atoms with E-state index in [1.807, 2.05) is 20.8 Å². The normalized spacial score (nSPS) is 12.1. The number of carbonyl (C=O) groups is 2. The average Bonchev–Trinajstić information content (AvgIpc) is 2.88. The Labute approximate surface area is 188 Å². The first kappa shape index (κ1) is 25.3. The molecule has 1 aromatic heterocycles. The second-order valence-corrected chi connectivity index (χ2v) is 10.7. The largest absolute Gasteiger partial charge is 0.476 e. The average molecular weight is 467 g/mol. The van der Waals surface area contributed by atoms with Crippen molar-refractivity contribution in [1.82, 2.24) is 14.5 Å². The van der Waals surface area contributed by atoms with Crippen LogP contribution >= 0.6 is 0 Å². The van der Waals surface area contributed by atoms with Crippen molar-refractivity contribution < 1.29 is 27.9 Å². The van der Waals surface area contributed by atoms with Gasteiger partial charge in [0.1, 0.15) is 10.6 Å². The molecule has 1 aromatic carbocycles. The molecule has 2 aromatic rings. The Kier molecular flexibility index (Phi) is 7.36. The lowest BCUT2D eigenvalue weighted by atomic mass is 9.92. The van der Waals surface area contributed by atoms with Gasteiger partial charge in [-0.2, -0.15) is 5.10 Å². The van der Waals surface area contributed by atoms with Crippen molar-refractivity contribution in [2.45, 2.75) is 58.9 Å². The standard InChI is InChI=1S/C21H30N4O6S/c1-12(2)24-32(29,30)16-10-14(22-17(26)11-21(4,5)6)8-9-15(16)31-19-13(3)18(20(27)28)23-25(19)7/h8-10,12,24H,11H2,1-7H3,(H,22,26)(H,27,28). The molecular formula is C21H30N4O6S. The van der Waals surface area contributed by atoms with E-state index in [9.17, 15) is 23.1 Å². The molecule has 0 unspecified atom stereocenters. The highest BCUT2D eigenvalue weighted by atomic mass is 32.2. The fourth-order valence-corrected chi connectivity index (χ4v) is 4.41. The zero-order valence-electron chi connectivity index (χ0n) is 19.3. The second-order valence-electron chi connectivity index (χ2n) is 9.03. The molecule has 10 nitrogen and oxygen atoms in total. The number of amides is 1. The number of ether oxygens (including phenoxy) is 1. The first-order chi connectivity index (χ1) is 14.6. The highest BCUT2D eigenvalue weighted by molar-refractivity contribution is 7.89. The summed E-state index contributed by atoms with van der Waals surface area (Å²) < 4.78 is 35.5. The lowest BCUT2D eigenvalue weighted by molar-refractivity contribution is -0.117. The van der Waals surface area contributed by atoms with Crippen LogP contribution in [-0.4, -0.2) is 41.2 Å². The van der Waals surface area contributed by atoms with E-state index >= 15 is 0 Å². The number of rotatable bonds is 8. The van der Waals surface area contributed by atoms with Gasteiger partial charge >= 0.3 is 5.97 Å². The van der Waals surface area contributed by atoms with Gasteiger partial charge in [-0.05, 0) is 44.4 Å². The maximum absolute atomic E-state index is 13.0. The summed E-state index contributed by atoms with van der Waals surface area (Å²) in [5, 5.41) is 15.9. The summed E-state index contributed by atoms with van der Waals surface area (Å²) in [7, 11) is -2.51. The zero-order valence-corrected chi connectivity index (χ0v) is 20.1. The molecule has 0 bridgehead atoms. The summed E-state index contributed by atoms with van der Waals surface area (Å²) in [5.41, 5.74) is 0.116. The van der Waals surface area contributed by atoms with Crippen LogP contribution in [0.15, 0.2) is 23.1 Å². The Morgan fingerprint density at radius 1 is 1.25 bits per heavy atom. The summed E-state index contributed by atoms with van der Waals surface area (Å²) in [4.78, 5) is 23.5. The van der Waals surface area contributed by atoms with Crippen LogP contribution in [0, 0.1) is 12.3 Å². The molecule has 0 aliphatic heterocycles. The van der Waals surface area contributed by atoms with Crippen molar-refractivity contribution in [3.05, 3.63) is 29.5 Å². The number of nitrogens with one attached hydrogen (secondary N) is 2. The molecule has 0 saturated heterocycles. The molecule has 0 atom stereocenters. The van der Waals surface area contributed by atoms with E-state index in [4.69, 9.17) is 4.74 Å². The summed E-state index contributed by atoms with van der Waals surface area (Å²) in [6, 6.07) is 3.86. The molecule has 0 saturated carbocycles. The molecule has 0 aliphatic carbocycles. The first-order valence-electron chi connectivity index (χ1n) is 10.0. The predicted octanol–water partition coefficient (Wildman–Crippen LogP) is 3.28. The van der Waals surface area contributed by atoms with Gasteiger partial charge in [0, 0.05) is 30.8 Å². The third-order valence-corrected chi connectivity index (χ3v) is 5.91. The molecule has 2 rings (SSSR count). The number of sulfonamides is 1. The highest BCUT2D eigenvalue weighted by Gasteiger charge is 2.26. The van der Waals surface area contributed by atoms with E-state index in [-0.39, 0.29) is 51.6 Å². The molecule has 0 fully saturated rings. The van der Waals surface area contributed by atoms with Crippen LogP contribution in [0.2, 0.25) is 0 Å². The van der Waals surface area contributed by atoms with Crippen molar-refractivity contribution in [3.8, 4) is 11.6 Å². The minimum Gasteiger partial charge on any atom is -0.476 e. The summed E-state index contributed by atoms with van der Waals surface area (Å²) in [6.45, 7) is 10.6. The number of carboxylic acid groups (broad SMARTS) is 1. The highest BCUT2D eigenvalue weighted by Crippen LogP contribution is 2.34. The van der Waals surface area contributed by atoms with Crippen molar-refractivity contribution in [2.75, 3.05) is 5.32 Å². The lowest BCUT2D eigenvalue weighted by Gasteiger charge is -2.19. The summed E-state index contributed by atoms with van der Waals surface area (Å²) in [6.07, 6.45) is 0.254. The Bertz CT molecular complexity index is 1130. The zero-order chi connectivity index (χ0) is 24.4. The molecule has 32 heavy (non-hydrogen) atoms. The van der Waals surface area contributed by atoms with E-state index in [2.05, 4.69) is 15.1 Å². The minimum atomic E-state index is -4.01. The van der Waals surface area contributed by atoms with Gasteiger partial charge in [-0.1, -0.05) is 20.8 Å². The van der Waals surface area contributed by atoms with Crippen LogP contribution < -0.4 is 14.8 Å². The third kappa shape index (κ3) is 6.30. The predicted molar refractivity (Wildman–Crippen MR) is 120 cm³/mol. The van der Waals surface area contributed by atoms with Crippen LogP contribution in [0.1, 0.15) is 57.1 Å². The number of aromatic nitrogens is 2. The Morgan fingerprint density at radius 3 is 2.38 bits per heavy atom. The molecule has 1 heterocycles. The van der Waals surface area contributed by atoms with E-state index in [0.717, 1.165) is 0 Å². The van der Waals surface area contributed by atoms with E-state index in [1.54, 1.807) is 13.8 Å². The van der Waals surface area contributed by atoms with Gasteiger partial charge in [0.25, 0.3) is 0 Å². The van der Waals surface area contributed by atoms with Gasteiger partial charge in [-0.3, -0.25) is 4.79 Å². The number of hydrogen-bond donors (Lipinski definition) is 3. The minimum absolute atomic E-state index is 0.0324. The van der Waals surface area contributed by atoms with Crippen LogP contribution in [0.3, 0.4) is 0 Å². The topological polar surface area (TPSA) is 140 Å². The van der Waals surface area contributed by atoms with Gasteiger partial charge in [0.15, 0.2) is 5.69 Å². The molecule has 0 radical (unpaired) electrons. The van der Waals surface area contributed by atoms with Crippen molar-refractivity contribution in [3.63, 3.8) is 0 Å². The number of nitrogens with zero attached hydrogens (tertiary/aromatic N) is 2. The monoisotopic (exact) mass is 466 g/mol. The summed E-state index contributed by atoms with van der Waals surface area (Å²) in [5.74, 6) is -1.41. The number of carbonyl (C=O) groups excluding carboxylic acids is 1. The van der Waals surface area contributed by atoms with E-state index in [1.165, 1.54) is 36.9 Å². The number of aromatic carboxylic acids is 1. The SMILES string of the molecule is Cc1c(C(=O)O)nn(C)c1Oc1ccc(NC(=O)CC(C)(C)C)cc1S(=O)(=O)NC(C)C. The molecule has 3 N–H and O–H groups in total. The molecular weight excluding hydrogens is 436 g/mol. The maximum atomic E-state index is 13.0. The number of benzene rings is 1.